The van der Waals surface area contributed by atoms with E-state index in [1.165, 1.54) is 7.11 Å². The van der Waals surface area contributed by atoms with Gasteiger partial charge in [0.2, 0.25) is 0 Å². The molecule has 0 heterocycles. The number of hydrogen-bond donors (Lipinski definition) is 0. The first kappa shape index (κ1) is 8.99. The minimum atomic E-state index is -0.415. The highest BCUT2D eigenvalue weighted by atomic mass is 16.6. The summed E-state index contributed by atoms with van der Waals surface area (Å²) in [6, 6.07) is 0. The van der Waals surface area contributed by atoms with E-state index in [0.717, 1.165) is 0 Å². The van der Waals surface area contributed by atoms with E-state index in [9.17, 15) is 4.79 Å². The van der Waals surface area contributed by atoms with Gasteiger partial charge in [0.15, 0.2) is 0 Å². The molecule has 0 amide bonds. The summed E-state index contributed by atoms with van der Waals surface area (Å²) in [6.45, 7) is 1.60. The van der Waals surface area contributed by atoms with Crippen LogP contribution >= 0.6 is 0 Å². The number of esters is 1. The Morgan fingerprint density at radius 2 is 2.40 bits per heavy atom. The van der Waals surface area contributed by atoms with Crippen LogP contribution in [-0.4, -0.2) is 25.8 Å². The van der Waals surface area contributed by atoms with Crippen LogP contribution in [0.5, 0.6) is 0 Å². The molecule has 0 spiro atoms. The molecule has 10 heavy (non-hydrogen) atoms. The quantitative estimate of drug-likeness (QED) is 0.417. The minimum Gasteiger partial charge on any atom is -0.467 e. The number of rotatable bonds is 3. The fourth-order valence-electron chi connectivity index (χ4n) is 0.300. The van der Waals surface area contributed by atoms with E-state index < -0.39 is 5.97 Å². The molecule has 0 aliphatic heterocycles. The van der Waals surface area contributed by atoms with Gasteiger partial charge in [0.25, 0.3) is 0 Å². The van der Waals surface area contributed by atoms with Gasteiger partial charge in [-0.2, -0.15) is 0 Å². The predicted molar refractivity (Wildman–Crippen MR) is 36.3 cm³/mol. The molecule has 0 aromatic heterocycles. The number of methoxy groups -OCH3 is 1. The Hall–Kier alpha value is -1.01. The topological polar surface area (TPSA) is 35.5 Å². The van der Waals surface area contributed by atoms with Gasteiger partial charge in [-0.15, -0.1) is 6.42 Å². The van der Waals surface area contributed by atoms with Gasteiger partial charge < -0.3 is 9.47 Å². The molecule has 0 bridgehead atoms. The molecule has 1 atom stereocenters. The van der Waals surface area contributed by atoms with Crippen LogP contribution in [0.1, 0.15) is 6.92 Å². The zero-order chi connectivity index (χ0) is 7.98. The number of terminal acetylenes is 1. The van der Waals surface area contributed by atoms with Gasteiger partial charge in [-0.05, 0) is 6.92 Å². The first-order chi connectivity index (χ1) is 4.70. The highest BCUT2D eigenvalue weighted by Crippen LogP contribution is 1.87. The Balaban J connectivity index is 3.37. The average Bonchev–Trinajstić information content (AvgIpc) is 1.99. The van der Waals surface area contributed by atoms with Crippen molar-refractivity contribution in [2.24, 2.45) is 0 Å². The van der Waals surface area contributed by atoms with Gasteiger partial charge >= 0.3 is 5.97 Å². The molecular formula is C7H10O3. The second-order valence-corrected chi connectivity index (χ2v) is 1.70. The molecule has 0 aromatic carbocycles. The molecular weight excluding hydrogens is 132 g/mol. The van der Waals surface area contributed by atoms with E-state index in [0.29, 0.717) is 0 Å². The molecule has 0 fully saturated rings. The van der Waals surface area contributed by atoms with Crippen molar-refractivity contribution in [3.05, 3.63) is 0 Å². The number of hydrogen-bond acceptors (Lipinski definition) is 3. The number of carbonyl (C=O) groups excluding carboxylic acids is 1. The van der Waals surface area contributed by atoms with Crippen molar-refractivity contribution in [2.75, 3.05) is 13.7 Å². The normalized spacial score (nSPS) is 11.7. The summed E-state index contributed by atoms with van der Waals surface area (Å²) in [5.41, 5.74) is 0. The fourth-order valence-corrected chi connectivity index (χ4v) is 0.300. The predicted octanol–water partition coefficient (Wildman–Crippen LogP) is 0.198. The standard InChI is InChI=1S/C7H10O3/c1-4-6(2)10-5-7(8)9-3/h1,6H,5H2,2-3H3. The Morgan fingerprint density at radius 1 is 1.80 bits per heavy atom. The van der Waals surface area contributed by atoms with Crippen LogP contribution in [0, 0.1) is 12.3 Å². The van der Waals surface area contributed by atoms with Crippen molar-refractivity contribution in [2.45, 2.75) is 13.0 Å². The lowest BCUT2D eigenvalue weighted by Crippen LogP contribution is -2.15. The second-order valence-electron chi connectivity index (χ2n) is 1.70. The minimum absolute atomic E-state index is 0.0815. The lowest BCUT2D eigenvalue weighted by molar-refractivity contribution is -0.146. The maximum atomic E-state index is 10.4. The third-order valence-corrected chi connectivity index (χ3v) is 0.914. The summed E-state index contributed by atoms with van der Waals surface area (Å²) in [4.78, 5) is 10.4. The van der Waals surface area contributed by atoms with Crippen molar-refractivity contribution >= 4 is 5.97 Å². The first-order valence-electron chi connectivity index (χ1n) is 2.85. The Kier molecular flexibility index (Phi) is 4.34. The van der Waals surface area contributed by atoms with E-state index in [-0.39, 0.29) is 12.7 Å². The van der Waals surface area contributed by atoms with Crippen LogP contribution in [0.25, 0.3) is 0 Å². The molecule has 1 unspecified atom stereocenters. The first-order valence-corrected chi connectivity index (χ1v) is 2.85. The van der Waals surface area contributed by atoms with E-state index in [2.05, 4.69) is 10.7 Å². The van der Waals surface area contributed by atoms with Gasteiger partial charge in [-0.3, -0.25) is 0 Å². The fraction of sp³-hybridized carbons (Fsp3) is 0.571. The molecule has 0 radical (unpaired) electrons. The van der Waals surface area contributed by atoms with Gasteiger partial charge in [0.05, 0.1) is 7.11 Å². The largest absolute Gasteiger partial charge is 0.467 e. The summed E-state index contributed by atoms with van der Waals surface area (Å²) in [5, 5.41) is 0. The van der Waals surface area contributed by atoms with Gasteiger partial charge in [-0.1, -0.05) is 5.92 Å². The molecule has 0 rings (SSSR count). The average molecular weight is 142 g/mol. The zero-order valence-corrected chi connectivity index (χ0v) is 6.09. The molecule has 0 aliphatic carbocycles. The van der Waals surface area contributed by atoms with Gasteiger partial charge in [0.1, 0.15) is 12.7 Å². The summed E-state index contributed by atoms with van der Waals surface area (Å²) >= 11 is 0. The molecule has 3 nitrogen and oxygen atoms in total. The van der Waals surface area contributed by atoms with Crippen LogP contribution in [0.15, 0.2) is 0 Å². The summed E-state index contributed by atoms with van der Waals surface area (Å²) < 4.78 is 9.15. The summed E-state index contributed by atoms with van der Waals surface area (Å²) in [6.07, 6.45) is 4.64. The number of carbonyl (C=O) groups is 1. The van der Waals surface area contributed by atoms with E-state index >= 15 is 0 Å². The molecule has 3 heteroatoms. The zero-order valence-electron chi connectivity index (χ0n) is 6.09. The summed E-state index contributed by atoms with van der Waals surface area (Å²) in [7, 11) is 1.30. The molecule has 0 aromatic rings. The van der Waals surface area contributed by atoms with E-state index in [4.69, 9.17) is 11.2 Å². The van der Waals surface area contributed by atoms with Gasteiger partial charge in [0, 0.05) is 0 Å². The third kappa shape index (κ3) is 3.93. The Bertz CT molecular complexity index is 145. The smallest absolute Gasteiger partial charge is 0.331 e. The van der Waals surface area contributed by atoms with Crippen LogP contribution in [-0.2, 0) is 14.3 Å². The molecule has 0 saturated heterocycles. The van der Waals surface area contributed by atoms with Crippen molar-refractivity contribution in [1.29, 1.82) is 0 Å². The SMILES string of the molecule is C#CC(C)OCC(=O)OC. The van der Waals surface area contributed by atoms with Crippen LogP contribution in [0.3, 0.4) is 0 Å². The third-order valence-electron chi connectivity index (χ3n) is 0.914. The molecule has 0 saturated carbocycles. The second kappa shape index (κ2) is 4.83. The maximum Gasteiger partial charge on any atom is 0.331 e. The Morgan fingerprint density at radius 3 is 2.80 bits per heavy atom. The molecule has 0 aliphatic rings. The molecule has 0 N–H and O–H groups in total. The monoisotopic (exact) mass is 142 g/mol. The van der Waals surface area contributed by atoms with Crippen molar-refractivity contribution in [3.8, 4) is 12.3 Å². The van der Waals surface area contributed by atoms with Crippen molar-refractivity contribution in [1.82, 2.24) is 0 Å². The highest BCUT2D eigenvalue weighted by Gasteiger charge is 2.02. The van der Waals surface area contributed by atoms with Crippen LogP contribution in [0.4, 0.5) is 0 Å². The van der Waals surface area contributed by atoms with Crippen molar-refractivity contribution in [3.63, 3.8) is 0 Å². The maximum absolute atomic E-state index is 10.4. The summed E-state index contributed by atoms with van der Waals surface area (Å²) in [5.74, 6) is 1.90. The lowest BCUT2D eigenvalue weighted by atomic mass is 10.4. The Labute approximate surface area is 60.3 Å². The van der Waals surface area contributed by atoms with E-state index in [1.807, 2.05) is 0 Å². The lowest BCUT2D eigenvalue weighted by Gasteiger charge is -2.03. The molecule has 56 valence electrons. The van der Waals surface area contributed by atoms with Gasteiger partial charge in [-0.25, -0.2) is 4.79 Å². The van der Waals surface area contributed by atoms with E-state index in [1.54, 1.807) is 6.92 Å². The highest BCUT2D eigenvalue weighted by molar-refractivity contribution is 5.70. The number of ether oxygens (including phenoxy) is 2. The van der Waals surface area contributed by atoms with Crippen LogP contribution in [0.2, 0.25) is 0 Å². The van der Waals surface area contributed by atoms with Crippen molar-refractivity contribution < 1.29 is 14.3 Å². The van der Waals surface area contributed by atoms with Crippen LogP contribution < -0.4 is 0 Å².